The van der Waals surface area contributed by atoms with E-state index in [1.54, 1.807) is 6.07 Å². The number of H-pyrrole nitrogens is 1. The maximum atomic E-state index is 11.4. The molecule has 0 radical (unpaired) electrons. The molecule has 0 unspecified atom stereocenters. The molecule has 1 heterocycles. The third-order valence-electron chi connectivity index (χ3n) is 1.78. The van der Waals surface area contributed by atoms with Gasteiger partial charge in [0.1, 0.15) is 0 Å². The highest BCUT2D eigenvalue weighted by Crippen LogP contribution is 2.10. The summed E-state index contributed by atoms with van der Waals surface area (Å²) in [5.41, 5.74) is 0.672. The number of nitrogens with one attached hydrogen (secondary N) is 1. The highest BCUT2D eigenvalue weighted by molar-refractivity contribution is 7.98. The normalized spacial score (nSPS) is 10.5. The molecule has 1 aromatic carbocycles. The molecule has 0 spiro atoms. The Hall–Kier alpha value is -1.29. The lowest BCUT2D eigenvalue weighted by Gasteiger charge is -1.98. The van der Waals surface area contributed by atoms with Gasteiger partial charge < -0.3 is 4.98 Å². The van der Waals surface area contributed by atoms with Crippen molar-refractivity contribution in [3.05, 3.63) is 34.6 Å². The fraction of sp³-hybridized carbons (Fsp3) is 0.111. The Bertz CT molecular complexity index is 492. The molecule has 0 bridgehead atoms. The minimum atomic E-state index is -0.0741. The highest BCUT2D eigenvalue weighted by atomic mass is 32.2. The molecular weight excluding hydrogens is 184 g/mol. The molecule has 0 saturated heterocycles. The Morgan fingerprint density at radius 2 is 2.15 bits per heavy atom. The number of hydrogen-bond donors (Lipinski definition) is 1. The largest absolute Gasteiger partial charge is 0.301 e. The number of aromatic nitrogens is 2. The van der Waals surface area contributed by atoms with E-state index >= 15 is 0 Å². The molecule has 0 saturated carbocycles. The fourth-order valence-corrected chi connectivity index (χ4v) is 1.55. The van der Waals surface area contributed by atoms with E-state index in [0.29, 0.717) is 10.5 Å². The van der Waals surface area contributed by atoms with Crippen LogP contribution in [0.1, 0.15) is 0 Å². The van der Waals surface area contributed by atoms with E-state index in [4.69, 9.17) is 0 Å². The number of aromatic amines is 1. The monoisotopic (exact) mass is 192 g/mol. The highest BCUT2D eigenvalue weighted by Gasteiger charge is 2.00. The summed E-state index contributed by atoms with van der Waals surface area (Å²) in [5, 5.41) is 1.30. The van der Waals surface area contributed by atoms with Gasteiger partial charge in [-0.1, -0.05) is 23.9 Å². The predicted molar refractivity (Wildman–Crippen MR) is 54.1 cm³/mol. The quantitative estimate of drug-likeness (QED) is 0.552. The molecule has 0 fully saturated rings. The van der Waals surface area contributed by atoms with Gasteiger partial charge >= 0.3 is 0 Å². The molecule has 2 rings (SSSR count). The van der Waals surface area contributed by atoms with Gasteiger partial charge in [-0.15, -0.1) is 0 Å². The summed E-state index contributed by atoms with van der Waals surface area (Å²) in [6.45, 7) is 0. The minimum absolute atomic E-state index is 0.0741. The van der Waals surface area contributed by atoms with Crippen LogP contribution in [0.3, 0.4) is 0 Å². The van der Waals surface area contributed by atoms with Crippen LogP contribution in [0.5, 0.6) is 0 Å². The van der Waals surface area contributed by atoms with Gasteiger partial charge in [-0.3, -0.25) is 4.79 Å². The number of rotatable bonds is 1. The van der Waals surface area contributed by atoms with E-state index in [0.717, 1.165) is 5.52 Å². The molecule has 4 heteroatoms. The Kier molecular flexibility index (Phi) is 2.06. The van der Waals surface area contributed by atoms with Crippen molar-refractivity contribution < 1.29 is 0 Å². The molecule has 0 atom stereocenters. The van der Waals surface area contributed by atoms with Crippen LogP contribution >= 0.6 is 11.8 Å². The van der Waals surface area contributed by atoms with Crippen LogP contribution in [0, 0.1) is 0 Å². The summed E-state index contributed by atoms with van der Waals surface area (Å²) in [7, 11) is 0. The Balaban J connectivity index is 2.85. The van der Waals surface area contributed by atoms with Crippen molar-refractivity contribution in [2.45, 2.75) is 5.16 Å². The minimum Gasteiger partial charge on any atom is -0.301 e. The standard InChI is InChI=1S/C9H8N2OS/c1-13-9-10-7-5-3-2-4-6(7)8(12)11-9/h2-5H,1H3,(H,10,11,12). The smallest absolute Gasteiger partial charge is 0.259 e. The average Bonchev–Trinajstić information content (AvgIpc) is 2.18. The van der Waals surface area contributed by atoms with Gasteiger partial charge in [0, 0.05) is 0 Å². The van der Waals surface area contributed by atoms with Crippen LogP contribution in [-0.4, -0.2) is 16.2 Å². The van der Waals surface area contributed by atoms with Crippen molar-refractivity contribution in [3.8, 4) is 0 Å². The van der Waals surface area contributed by atoms with Gasteiger partial charge in [-0.2, -0.15) is 0 Å². The van der Waals surface area contributed by atoms with Crippen LogP contribution in [-0.2, 0) is 0 Å². The second-order valence-electron chi connectivity index (χ2n) is 2.59. The first-order valence-corrected chi connectivity index (χ1v) is 5.07. The van der Waals surface area contributed by atoms with Gasteiger partial charge in [0.15, 0.2) is 5.16 Å². The summed E-state index contributed by atoms with van der Waals surface area (Å²) < 4.78 is 0. The number of nitrogens with zero attached hydrogens (tertiary/aromatic N) is 1. The lowest BCUT2D eigenvalue weighted by molar-refractivity contribution is 0.978. The van der Waals surface area contributed by atoms with E-state index in [1.165, 1.54) is 11.8 Å². The Morgan fingerprint density at radius 1 is 1.38 bits per heavy atom. The molecule has 0 aliphatic heterocycles. The third kappa shape index (κ3) is 1.45. The van der Waals surface area contributed by atoms with Crippen LogP contribution in [0.2, 0.25) is 0 Å². The molecule has 2 aromatic rings. The summed E-state index contributed by atoms with van der Waals surface area (Å²) in [6, 6.07) is 7.31. The van der Waals surface area contributed by atoms with E-state index in [9.17, 15) is 4.79 Å². The zero-order chi connectivity index (χ0) is 9.26. The van der Waals surface area contributed by atoms with Gasteiger partial charge in [0.25, 0.3) is 5.56 Å². The number of thioether (sulfide) groups is 1. The topological polar surface area (TPSA) is 45.8 Å². The van der Waals surface area contributed by atoms with Gasteiger partial charge in [-0.25, -0.2) is 4.98 Å². The summed E-state index contributed by atoms with van der Waals surface area (Å²) in [6.07, 6.45) is 1.88. The number of benzene rings is 1. The molecule has 3 nitrogen and oxygen atoms in total. The first-order valence-electron chi connectivity index (χ1n) is 3.84. The maximum absolute atomic E-state index is 11.4. The molecule has 0 aliphatic carbocycles. The van der Waals surface area contributed by atoms with Crippen molar-refractivity contribution in [2.24, 2.45) is 0 Å². The van der Waals surface area contributed by atoms with Crippen LogP contribution in [0.25, 0.3) is 10.9 Å². The predicted octanol–water partition coefficient (Wildman–Crippen LogP) is 1.64. The molecule has 1 aromatic heterocycles. The first kappa shape index (κ1) is 8.31. The first-order chi connectivity index (χ1) is 6.31. The molecule has 66 valence electrons. The van der Waals surface area contributed by atoms with Crippen molar-refractivity contribution >= 4 is 22.7 Å². The third-order valence-corrected chi connectivity index (χ3v) is 2.36. The summed E-state index contributed by atoms with van der Waals surface area (Å²) in [4.78, 5) is 18.4. The van der Waals surface area contributed by atoms with Crippen molar-refractivity contribution in [3.63, 3.8) is 0 Å². The van der Waals surface area contributed by atoms with E-state index in [-0.39, 0.29) is 5.56 Å². The summed E-state index contributed by atoms with van der Waals surface area (Å²) in [5.74, 6) is 0. The lowest BCUT2D eigenvalue weighted by Crippen LogP contribution is -2.08. The second kappa shape index (κ2) is 3.22. The Labute approximate surface area is 79.2 Å². The second-order valence-corrected chi connectivity index (χ2v) is 3.39. The molecule has 0 amide bonds. The molecule has 0 aliphatic rings. The zero-order valence-electron chi connectivity index (χ0n) is 7.07. The summed E-state index contributed by atoms with van der Waals surface area (Å²) >= 11 is 1.43. The van der Waals surface area contributed by atoms with E-state index in [2.05, 4.69) is 9.97 Å². The van der Waals surface area contributed by atoms with E-state index in [1.807, 2.05) is 24.5 Å². The molecule has 1 N–H and O–H groups in total. The molecule has 13 heavy (non-hydrogen) atoms. The van der Waals surface area contributed by atoms with Crippen molar-refractivity contribution in [1.29, 1.82) is 0 Å². The molecular formula is C9H8N2OS. The lowest BCUT2D eigenvalue weighted by atomic mass is 10.2. The van der Waals surface area contributed by atoms with Crippen LogP contribution < -0.4 is 5.56 Å². The zero-order valence-corrected chi connectivity index (χ0v) is 7.89. The number of hydrogen-bond acceptors (Lipinski definition) is 3. The SMILES string of the molecule is CSc1nc2ccccc2c(=O)[nH]1. The van der Waals surface area contributed by atoms with E-state index < -0.39 is 0 Å². The van der Waals surface area contributed by atoms with Gasteiger partial charge in [0.05, 0.1) is 10.9 Å². The average molecular weight is 192 g/mol. The van der Waals surface area contributed by atoms with Crippen LogP contribution in [0.15, 0.2) is 34.2 Å². The number of fused-ring (bicyclic) bond motifs is 1. The Morgan fingerprint density at radius 3 is 2.92 bits per heavy atom. The van der Waals surface area contributed by atoms with Gasteiger partial charge in [0.2, 0.25) is 0 Å². The number of para-hydroxylation sites is 1. The van der Waals surface area contributed by atoms with Crippen molar-refractivity contribution in [2.75, 3.05) is 6.26 Å². The fourth-order valence-electron chi connectivity index (χ4n) is 1.16. The van der Waals surface area contributed by atoms with Gasteiger partial charge in [-0.05, 0) is 18.4 Å². The van der Waals surface area contributed by atoms with Crippen LogP contribution in [0.4, 0.5) is 0 Å². The van der Waals surface area contributed by atoms with Crippen molar-refractivity contribution in [1.82, 2.24) is 9.97 Å². The maximum Gasteiger partial charge on any atom is 0.259 e.